The number of hydrogen-bond acceptors (Lipinski definition) is 5. The van der Waals surface area contributed by atoms with Crippen molar-refractivity contribution in [1.82, 2.24) is 4.98 Å². The molecule has 0 bridgehead atoms. The molecule has 0 unspecified atom stereocenters. The standard InChI is InChI=1S/C15H12N4O2/c16-9-13-2-1-3-15(17-13)18-7-6-11-4-5-14(19(20)21)8-12(11)10-18/h1-5,8H,6-7,10H2. The van der Waals surface area contributed by atoms with Crippen LogP contribution < -0.4 is 4.90 Å². The second kappa shape index (κ2) is 5.21. The van der Waals surface area contributed by atoms with Crippen molar-refractivity contribution in [2.75, 3.05) is 11.4 Å². The number of nitrogens with zero attached hydrogens (tertiary/aromatic N) is 4. The fourth-order valence-electron chi connectivity index (χ4n) is 2.51. The second-order valence-electron chi connectivity index (χ2n) is 4.87. The van der Waals surface area contributed by atoms with E-state index < -0.39 is 0 Å². The highest BCUT2D eigenvalue weighted by Crippen LogP contribution is 2.26. The number of pyridine rings is 1. The van der Waals surface area contributed by atoms with Gasteiger partial charge in [-0.15, -0.1) is 0 Å². The molecule has 2 heterocycles. The van der Waals surface area contributed by atoms with Gasteiger partial charge in [0.05, 0.1) is 4.92 Å². The number of anilines is 1. The Balaban J connectivity index is 1.91. The van der Waals surface area contributed by atoms with Gasteiger partial charge >= 0.3 is 0 Å². The molecule has 0 N–H and O–H groups in total. The molecule has 3 rings (SSSR count). The van der Waals surface area contributed by atoms with E-state index in [0.29, 0.717) is 12.2 Å². The Morgan fingerprint density at radius 2 is 2.14 bits per heavy atom. The molecule has 1 aromatic carbocycles. The Bertz CT molecular complexity index is 752. The molecule has 1 aliphatic rings. The van der Waals surface area contributed by atoms with Crippen LogP contribution in [0, 0.1) is 21.4 Å². The summed E-state index contributed by atoms with van der Waals surface area (Å²) in [5.74, 6) is 0.728. The lowest BCUT2D eigenvalue weighted by atomic mass is 9.99. The molecule has 6 heteroatoms. The molecular formula is C15H12N4O2. The minimum Gasteiger partial charge on any atom is -0.352 e. The van der Waals surface area contributed by atoms with Crippen molar-refractivity contribution in [1.29, 1.82) is 5.26 Å². The van der Waals surface area contributed by atoms with Crippen LogP contribution in [0.4, 0.5) is 11.5 Å². The van der Waals surface area contributed by atoms with Crippen LogP contribution in [0.25, 0.3) is 0 Å². The van der Waals surface area contributed by atoms with Gasteiger partial charge in [-0.2, -0.15) is 5.26 Å². The Hall–Kier alpha value is -2.94. The van der Waals surface area contributed by atoms with Gasteiger partial charge in [-0.1, -0.05) is 12.1 Å². The largest absolute Gasteiger partial charge is 0.352 e. The van der Waals surface area contributed by atoms with Crippen LogP contribution in [0.15, 0.2) is 36.4 Å². The number of rotatable bonds is 2. The van der Waals surface area contributed by atoms with Crippen LogP contribution in [0.5, 0.6) is 0 Å². The molecule has 1 aliphatic heterocycles. The third-order valence-electron chi connectivity index (χ3n) is 3.59. The van der Waals surface area contributed by atoms with Gasteiger partial charge in [0.2, 0.25) is 0 Å². The van der Waals surface area contributed by atoms with Gasteiger partial charge in [-0.05, 0) is 29.7 Å². The number of hydrogen-bond donors (Lipinski definition) is 0. The molecule has 104 valence electrons. The number of nitro benzene ring substituents is 1. The molecule has 0 saturated heterocycles. The van der Waals surface area contributed by atoms with Gasteiger partial charge in [0.15, 0.2) is 0 Å². The molecule has 0 aliphatic carbocycles. The summed E-state index contributed by atoms with van der Waals surface area (Å²) in [5.41, 5.74) is 2.56. The van der Waals surface area contributed by atoms with E-state index >= 15 is 0 Å². The molecule has 1 aromatic heterocycles. The normalized spacial score (nSPS) is 13.4. The Morgan fingerprint density at radius 3 is 2.90 bits per heavy atom. The molecule has 2 aromatic rings. The average molecular weight is 280 g/mol. The topological polar surface area (TPSA) is 83.1 Å². The molecule has 0 amide bonds. The van der Waals surface area contributed by atoms with Gasteiger partial charge in [-0.3, -0.25) is 10.1 Å². The van der Waals surface area contributed by atoms with Crippen LogP contribution in [0.3, 0.4) is 0 Å². The zero-order chi connectivity index (χ0) is 14.8. The van der Waals surface area contributed by atoms with Gasteiger partial charge in [0, 0.05) is 25.2 Å². The third-order valence-corrected chi connectivity index (χ3v) is 3.59. The van der Waals surface area contributed by atoms with Crippen molar-refractivity contribution in [2.24, 2.45) is 0 Å². The number of nitro groups is 1. The number of fused-ring (bicyclic) bond motifs is 1. The summed E-state index contributed by atoms with van der Waals surface area (Å²) in [6.07, 6.45) is 0.811. The summed E-state index contributed by atoms with van der Waals surface area (Å²) in [7, 11) is 0. The lowest BCUT2D eigenvalue weighted by molar-refractivity contribution is -0.384. The van der Waals surface area contributed by atoms with Gasteiger partial charge in [-0.25, -0.2) is 4.98 Å². The smallest absolute Gasteiger partial charge is 0.269 e. The first-order chi connectivity index (χ1) is 10.2. The first-order valence-electron chi connectivity index (χ1n) is 6.55. The Kier molecular flexibility index (Phi) is 3.24. The average Bonchev–Trinajstić information content (AvgIpc) is 2.53. The van der Waals surface area contributed by atoms with E-state index in [-0.39, 0.29) is 10.6 Å². The van der Waals surface area contributed by atoms with Crippen molar-refractivity contribution in [3.8, 4) is 6.07 Å². The fourth-order valence-corrected chi connectivity index (χ4v) is 2.51. The SMILES string of the molecule is N#Cc1cccc(N2CCc3ccc([N+](=O)[O-])cc3C2)n1. The summed E-state index contributed by atoms with van der Waals surface area (Å²) in [5, 5.41) is 19.8. The maximum atomic E-state index is 10.9. The number of non-ortho nitro benzene ring substituents is 1. The van der Waals surface area contributed by atoms with E-state index in [0.717, 1.165) is 29.9 Å². The summed E-state index contributed by atoms with van der Waals surface area (Å²) in [6.45, 7) is 1.35. The second-order valence-corrected chi connectivity index (χ2v) is 4.87. The van der Waals surface area contributed by atoms with E-state index in [9.17, 15) is 10.1 Å². The van der Waals surface area contributed by atoms with Gasteiger partial charge < -0.3 is 4.90 Å². The summed E-state index contributed by atoms with van der Waals surface area (Å²) in [4.78, 5) is 16.8. The molecule has 6 nitrogen and oxygen atoms in total. The molecule has 0 fully saturated rings. The zero-order valence-corrected chi connectivity index (χ0v) is 11.2. The summed E-state index contributed by atoms with van der Waals surface area (Å²) >= 11 is 0. The van der Waals surface area contributed by atoms with Gasteiger partial charge in [0.1, 0.15) is 17.6 Å². The highest BCUT2D eigenvalue weighted by Gasteiger charge is 2.20. The summed E-state index contributed by atoms with van der Waals surface area (Å²) in [6, 6.07) is 12.3. The lowest BCUT2D eigenvalue weighted by Gasteiger charge is -2.29. The van der Waals surface area contributed by atoms with Crippen LogP contribution in [-0.4, -0.2) is 16.5 Å². The van der Waals surface area contributed by atoms with Crippen LogP contribution in [0.2, 0.25) is 0 Å². The first-order valence-corrected chi connectivity index (χ1v) is 6.55. The number of aromatic nitrogens is 1. The Morgan fingerprint density at radius 1 is 1.29 bits per heavy atom. The van der Waals surface area contributed by atoms with Gasteiger partial charge in [0.25, 0.3) is 5.69 Å². The van der Waals surface area contributed by atoms with E-state index in [2.05, 4.69) is 4.98 Å². The predicted molar refractivity (Wildman–Crippen MR) is 76.8 cm³/mol. The number of benzene rings is 1. The van der Waals surface area contributed by atoms with Crippen molar-refractivity contribution in [3.05, 3.63) is 63.3 Å². The molecule has 0 radical (unpaired) electrons. The number of nitriles is 1. The quantitative estimate of drug-likeness (QED) is 0.623. The molecule has 0 atom stereocenters. The molecule has 0 saturated carbocycles. The van der Waals surface area contributed by atoms with Crippen molar-refractivity contribution in [3.63, 3.8) is 0 Å². The van der Waals surface area contributed by atoms with Crippen LogP contribution in [-0.2, 0) is 13.0 Å². The van der Waals surface area contributed by atoms with E-state index in [1.54, 1.807) is 24.3 Å². The Labute approximate surface area is 121 Å². The third kappa shape index (κ3) is 2.54. The first kappa shape index (κ1) is 13.1. The lowest BCUT2D eigenvalue weighted by Crippen LogP contribution is -2.31. The van der Waals surface area contributed by atoms with Crippen LogP contribution >= 0.6 is 0 Å². The minimum atomic E-state index is -0.381. The highest BCUT2D eigenvalue weighted by molar-refractivity contribution is 5.48. The molecule has 0 spiro atoms. The van der Waals surface area contributed by atoms with Crippen molar-refractivity contribution < 1.29 is 4.92 Å². The molecular weight excluding hydrogens is 268 g/mol. The maximum Gasteiger partial charge on any atom is 0.269 e. The van der Waals surface area contributed by atoms with Crippen LogP contribution in [0.1, 0.15) is 16.8 Å². The van der Waals surface area contributed by atoms with Crippen molar-refractivity contribution >= 4 is 11.5 Å². The van der Waals surface area contributed by atoms with Crippen molar-refractivity contribution in [2.45, 2.75) is 13.0 Å². The fraction of sp³-hybridized carbons (Fsp3) is 0.200. The maximum absolute atomic E-state index is 10.9. The van der Waals surface area contributed by atoms with E-state index in [4.69, 9.17) is 5.26 Å². The van der Waals surface area contributed by atoms with E-state index in [1.807, 2.05) is 23.1 Å². The minimum absolute atomic E-state index is 0.106. The summed E-state index contributed by atoms with van der Waals surface area (Å²) < 4.78 is 0. The van der Waals surface area contributed by atoms with E-state index in [1.165, 1.54) is 0 Å². The molecule has 21 heavy (non-hydrogen) atoms. The highest BCUT2D eigenvalue weighted by atomic mass is 16.6. The zero-order valence-electron chi connectivity index (χ0n) is 11.2. The monoisotopic (exact) mass is 280 g/mol. The predicted octanol–water partition coefficient (Wildman–Crippen LogP) is 2.42.